The molecule has 0 aliphatic carbocycles. The molecule has 0 atom stereocenters. The molecule has 0 saturated heterocycles. The minimum absolute atomic E-state index is 0.0571. The second-order valence-corrected chi connectivity index (χ2v) is 2.87. The number of hydrogen-bond donors (Lipinski definition) is 1. The molecule has 1 aromatic carbocycles. The first-order chi connectivity index (χ1) is 7.04. The van der Waals surface area contributed by atoms with Crippen LogP contribution in [0, 0.1) is 11.6 Å². The lowest BCUT2D eigenvalue weighted by atomic mass is 10.1. The molecule has 3 nitrogen and oxygen atoms in total. The van der Waals surface area contributed by atoms with Crippen molar-refractivity contribution in [1.82, 2.24) is 0 Å². The van der Waals surface area contributed by atoms with Crippen LogP contribution in [0.25, 0.3) is 0 Å². The van der Waals surface area contributed by atoms with Gasteiger partial charge in [0.2, 0.25) is 0 Å². The van der Waals surface area contributed by atoms with Crippen LogP contribution in [0.2, 0.25) is 0 Å². The Kier molecular flexibility index (Phi) is 3.60. The molecule has 0 saturated carbocycles. The van der Waals surface area contributed by atoms with Crippen molar-refractivity contribution in [3.05, 3.63) is 29.3 Å². The molecule has 1 rings (SSSR count). The van der Waals surface area contributed by atoms with Gasteiger partial charge in [-0.3, -0.25) is 4.79 Å². The van der Waals surface area contributed by atoms with Crippen LogP contribution in [0.4, 0.5) is 8.78 Å². The van der Waals surface area contributed by atoms with Crippen molar-refractivity contribution < 1.29 is 23.4 Å². The van der Waals surface area contributed by atoms with Crippen LogP contribution in [0.15, 0.2) is 12.1 Å². The molecule has 0 heterocycles. The fraction of sp³-hybridized carbons (Fsp3) is 0.300. The summed E-state index contributed by atoms with van der Waals surface area (Å²) in [5.41, 5.74) is -0.453. The minimum Gasteiger partial charge on any atom is -0.494 e. The predicted molar refractivity (Wildman–Crippen MR) is 48.9 cm³/mol. The van der Waals surface area contributed by atoms with Gasteiger partial charge in [0.05, 0.1) is 13.0 Å². The lowest BCUT2D eigenvalue weighted by molar-refractivity contribution is -0.136. The van der Waals surface area contributed by atoms with Gasteiger partial charge in [-0.1, -0.05) is 0 Å². The van der Waals surface area contributed by atoms with E-state index in [1.54, 1.807) is 6.92 Å². The predicted octanol–water partition coefficient (Wildman–Crippen LogP) is 1.99. The lowest BCUT2D eigenvalue weighted by Crippen LogP contribution is -2.06. The van der Waals surface area contributed by atoms with Gasteiger partial charge in [0.25, 0.3) is 0 Å². The van der Waals surface area contributed by atoms with Crippen molar-refractivity contribution in [2.75, 3.05) is 6.61 Å². The number of hydrogen-bond acceptors (Lipinski definition) is 2. The highest BCUT2D eigenvalue weighted by Gasteiger charge is 2.14. The third kappa shape index (κ3) is 2.90. The van der Waals surface area contributed by atoms with Crippen LogP contribution in [0.1, 0.15) is 12.5 Å². The van der Waals surface area contributed by atoms with E-state index in [0.29, 0.717) is 0 Å². The molecule has 0 bridgehead atoms. The van der Waals surface area contributed by atoms with Gasteiger partial charge < -0.3 is 9.84 Å². The normalized spacial score (nSPS) is 10.1. The van der Waals surface area contributed by atoms with Gasteiger partial charge in [-0.2, -0.15) is 0 Å². The summed E-state index contributed by atoms with van der Waals surface area (Å²) in [5.74, 6) is -3.03. The zero-order chi connectivity index (χ0) is 11.4. The number of benzene rings is 1. The molecule has 15 heavy (non-hydrogen) atoms. The standard InChI is InChI=1S/C10H10F2O3/c1-2-15-6-3-8(11)7(5-10(13)14)9(12)4-6/h3-4H,2,5H2,1H3,(H,13,14). The number of aliphatic carboxylic acids is 1. The first-order valence-corrected chi connectivity index (χ1v) is 4.37. The van der Waals surface area contributed by atoms with E-state index < -0.39 is 29.6 Å². The van der Waals surface area contributed by atoms with E-state index in [-0.39, 0.29) is 12.4 Å². The van der Waals surface area contributed by atoms with E-state index >= 15 is 0 Å². The maximum Gasteiger partial charge on any atom is 0.308 e. The smallest absolute Gasteiger partial charge is 0.308 e. The average Bonchev–Trinajstić information content (AvgIpc) is 2.11. The third-order valence-corrected chi connectivity index (χ3v) is 1.75. The summed E-state index contributed by atoms with van der Waals surface area (Å²) in [7, 11) is 0. The van der Waals surface area contributed by atoms with E-state index in [2.05, 4.69) is 0 Å². The summed E-state index contributed by atoms with van der Waals surface area (Å²) >= 11 is 0. The van der Waals surface area contributed by atoms with E-state index in [1.165, 1.54) is 0 Å². The summed E-state index contributed by atoms with van der Waals surface area (Å²) in [5, 5.41) is 8.42. The number of carbonyl (C=O) groups is 1. The Labute approximate surface area is 85.3 Å². The zero-order valence-electron chi connectivity index (χ0n) is 8.09. The van der Waals surface area contributed by atoms with Gasteiger partial charge in [-0.15, -0.1) is 0 Å². The van der Waals surface area contributed by atoms with Crippen molar-refractivity contribution in [2.24, 2.45) is 0 Å². The Morgan fingerprint density at radius 2 is 1.93 bits per heavy atom. The minimum atomic E-state index is -1.28. The van der Waals surface area contributed by atoms with Gasteiger partial charge in [0, 0.05) is 17.7 Å². The SMILES string of the molecule is CCOc1cc(F)c(CC(=O)O)c(F)c1. The van der Waals surface area contributed by atoms with Gasteiger partial charge in [-0.25, -0.2) is 8.78 Å². The van der Waals surface area contributed by atoms with Crippen molar-refractivity contribution in [2.45, 2.75) is 13.3 Å². The monoisotopic (exact) mass is 216 g/mol. The summed E-state index contributed by atoms with van der Waals surface area (Å²) in [6.07, 6.45) is -0.677. The van der Waals surface area contributed by atoms with Crippen LogP contribution >= 0.6 is 0 Å². The highest BCUT2D eigenvalue weighted by Crippen LogP contribution is 2.21. The van der Waals surface area contributed by atoms with Crippen molar-refractivity contribution in [1.29, 1.82) is 0 Å². The second-order valence-electron chi connectivity index (χ2n) is 2.87. The number of halogens is 2. The number of carboxylic acid groups (broad SMARTS) is 1. The molecule has 5 heteroatoms. The van der Waals surface area contributed by atoms with Crippen molar-refractivity contribution in [3.8, 4) is 5.75 Å². The average molecular weight is 216 g/mol. The zero-order valence-corrected chi connectivity index (χ0v) is 8.09. The van der Waals surface area contributed by atoms with Crippen molar-refractivity contribution in [3.63, 3.8) is 0 Å². The maximum absolute atomic E-state index is 13.2. The fourth-order valence-corrected chi connectivity index (χ4v) is 1.15. The van der Waals surface area contributed by atoms with E-state index in [9.17, 15) is 13.6 Å². The quantitative estimate of drug-likeness (QED) is 0.837. The molecule has 0 unspecified atom stereocenters. The third-order valence-electron chi connectivity index (χ3n) is 1.75. The molecule has 82 valence electrons. The molecule has 0 fully saturated rings. The van der Waals surface area contributed by atoms with Gasteiger partial charge >= 0.3 is 5.97 Å². The summed E-state index contributed by atoms with van der Waals surface area (Å²) in [4.78, 5) is 10.3. The molecule has 0 aromatic heterocycles. The summed E-state index contributed by atoms with van der Waals surface area (Å²) < 4.78 is 31.3. The second kappa shape index (κ2) is 4.72. The molecule has 0 radical (unpaired) electrons. The molecule has 0 aliphatic heterocycles. The van der Waals surface area contributed by atoms with Gasteiger partial charge in [0.15, 0.2) is 0 Å². The molecule has 1 N–H and O–H groups in total. The van der Waals surface area contributed by atoms with Gasteiger partial charge in [0.1, 0.15) is 17.4 Å². The Hall–Kier alpha value is -1.65. The van der Waals surface area contributed by atoms with Crippen LogP contribution in [-0.4, -0.2) is 17.7 Å². The molecular weight excluding hydrogens is 206 g/mol. The Bertz CT molecular complexity index is 354. The lowest BCUT2D eigenvalue weighted by Gasteiger charge is -2.06. The molecule has 0 amide bonds. The number of carboxylic acids is 1. The molecule has 1 aromatic rings. The topological polar surface area (TPSA) is 46.5 Å². The van der Waals surface area contributed by atoms with E-state index in [1.807, 2.05) is 0 Å². The molecule has 0 aliphatic rings. The molecule has 0 spiro atoms. The first kappa shape index (κ1) is 11.4. The largest absolute Gasteiger partial charge is 0.494 e. The van der Waals surface area contributed by atoms with E-state index in [0.717, 1.165) is 12.1 Å². The Balaban J connectivity index is 3.03. The van der Waals surface area contributed by atoms with Crippen molar-refractivity contribution >= 4 is 5.97 Å². The number of rotatable bonds is 4. The Morgan fingerprint density at radius 3 is 2.33 bits per heavy atom. The number of ether oxygens (including phenoxy) is 1. The maximum atomic E-state index is 13.2. The van der Waals surface area contributed by atoms with Crippen LogP contribution in [0.5, 0.6) is 5.75 Å². The fourth-order valence-electron chi connectivity index (χ4n) is 1.15. The highest BCUT2D eigenvalue weighted by atomic mass is 19.1. The van der Waals surface area contributed by atoms with Crippen LogP contribution in [-0.2, 0) is 11.2 Å². The highest BCUT2D eigenvalue weighted by molar-refractivity contribution is 5.70. The first-order valence-electron chi connectivity index (χ1n) is 4.37. The van der Waals surface area contributed by atoms with Gasteiger partial charge in [-0.05, 0) is 6.92 Å². The summed E-state index contributed by atoms with van der Waals surface area (Å²) in [6.45, 7) is 1.97. The molecular formula is C10H10F2O3. The van der Waals surface area contributed by atoms with Crippen LogP contribution < -0.4 is 4.74 Å². The Morgan fingerprint density at radius 1 is 1.40 bits per heavy atom. The summed E-state index contributed by atoms with van der Waals surface area (Å²) in [6, 6.07) is 1.95. The van der Waals surface area contributed by atoms with E-state index in [4.69, 9.17) is 9.84 Å². The van der Waals surface area contributed by atoms with Crippen LogP contribution in [0.3, 0.4) is 0 Å².